The van der Waals surface area contributed by atoms with Crippen molar-refractivity contribution in [2.45, 2.75) is 26.2 Å². The van der Waals surface area contributed by atoms with E-state index in [0.29, 0.717) is 10.9 Å². The Labute approximate surface area is 124 Å². The van der Waals surface area contributed by atoms with Crippen LogP contribution in [0.4, 0.5) is 5.69 Å². The molecule has 1 aromatic rings. The highest BCUT2D eigenvalue weighted by Crippen LogP contribution is 2.35. The van der Waals surface area contributed by atoms with Gasteiger partial charge in [-0.2, -0.15) is 0 Å². The van der Waals surface area contributed by atoms with E-state index in [0.717, 1.165) is 30.4 Å². The van der Waals surface area contributed by atoms with E-state index in [9.17, 15) is 4.79 Å². The lowest BCUT2D eigenvalue weighted by molar-refractivity contribution is -0.131. The van der Waals surface area contributed by atoms with Crippen LogP contribution in [0.15, 0.2) is 24.3 Å². The summed E-state index contributed by atoms with van der Waals surface area (Å²) in [7, 11) is 0. The van der Waals surface area contributed by atoms with E-state index in [4.69, 9.17) is 16.7 Å². The van der Waals surface area contributed by atoms with Gasteiger partial charge in [-0.3, -0.25) is 0 Å². The summed E-state index contributed by atoms with van der Waals surface area (Å²) in [6.45, 7) is 4.20. The molecule has 0 saturated carbocycles. The van der Waals surface area contributed by atoms with Gasteiger partial charge in [-0.1, -0.05) is 37.1 Å². The van der Waals surface area contributed by atoms with Gasteiger partial charge in [0.2, 0.25) is 0 Å². The van der Waals surface area contributed by atoms with E-state index in [1.54, 1.807) is 6.08 Å². The van der Waals surface area contributed by atoms with Crippen molar-refractivity contribution in [3.63, 3.8) is 0 Å². The smallest absolute Gasteiger partial charge is 0.328 e. The number of anilines is 1. The van der Waals surface area contributed by atoms with Crippen molar-refractivity contribution in [1.29, 1.82) is 0 Å². The van der Waals surface area contributed by atoms with E-state index in [1.807, 2.05) is 18.2 Å². The minimum absolute atomic E-state index is 0.690. The van der Waals surface area contributed by atoms with Crippen molar-refractivity contribution in [2.24, 2.45) is 5.92 Å². The summed E-state index contributed by atoms with van der Waals surface area (Å²) in [4.78, 5) is 13.0. The molecule has 0 bridgehead atoms. The summed E-state index contributed by atoms with van der Waals surface area (Å²) < 4.78 is 0. The number of hydrogen-bond donors (Lipinski definition) is 1. The second-order valence-electron chi connectivity index (χ2n) is 5.24. The molecular weight excluding hydrogens is 274 g/mol. The van der Waals surface area contributed by atoms with Crippen LogP contribution in [0.25, 0.3) is 6.08 Å². The number of halogens is 1. The number of nitrogens with zero attached hydrogens (tertiary/aromatic N) is 1. The third-order valence-electron chi connectivity index (χ3n) is 3.72. The summed E-state index contributed by atoms with van der Waals surface area (Å²) in [6, 6.07) is 5.63. The molecule has 1 atom stereocenters. The maximum atomic E-state index is 10.7. The highest BCUT2D eigenvalue weighted by Gasteiger charge is 2.24. The molecule has 20 heavy (non-hydrogen) atoms. The molecule has 1 heterocycles. The summed E-state index contributed by atoms with van der Waals surface area (Å²) >= 11 is 6.33. The third kappa shape index (κ3) is 3.54. The highest BCUT2D eigenvalue weighted by atomic mass is 35.5. The molecule has 1 aliphatic heterocycles. The van der Waals surface area contributed by atoms with E-state index in [1.165, 1.54) is 19.3 Å². The molecule has 1 N–H and O–H groups in total. The first kappa shape index (κ1) is 14.9. The lowest BCUT2D eigenvalue weighted by Crippen LogP contribution is -2.21. The molecule has 1 aliphatic rings. The first-order chi connectivity index (χ1) is 9.61. The minimum Gasteiger partial charge on any atom is -0.478 e. The average Bonchev–Trinajstić information content (AvgIpc) is 2.85. The van der Waals surface area contributed by atoms with Gasteiger partial charge in [0.15, 0.2) is 0 Å². The number of para-hydroxylation sites is 1. The summed E-state index contributed by atoms with van der Waals surface area (Å²) in [5.74, 6) is -0.228. The largest absolute Gasteiger partial charge is 0.478 e. The van der Waals surface area contributed by atoms with Gasteiger partial charge >= 0.3 is 5.97 Å². The van der Waals surface area contributed by atoms with E-state index in [-0.39, 0.29) is 0 Å². The number of carbonyl (C=O) groups is 1. The first-order valence-electron chi connectivity index (χ1n) is 7.06. The van der Waals surface area contributed by atoms with Crippen LogP contribution in [0, 0.1) is 5.92 Å². The lowest BCUT2D eigenvalue weighted by Gasteiger charge is -2.22. The fourth-order valence-electron chi connectivity index (χ4n) is 2.84. The fourth-order valence-corrected chi connectivity index (χ4v) is 3.14. The van der Waals surface area contributed by atoms with Crippen molar-refractivity contribution in [3.05, 3.63) is 34.9 Å². The molecule has 3 nitrogen and oxygen atoms in total. The number of aliphatic carboxylic acids is 1. The number of benzene rings is 1. The van der Waals surface area contributed by atoms with Gasteiger partial charge in [0, 0.05) is 19.2 Å². The predicted octanol–water partition coefficient (Wildman–Crippen LogP) is 4.06. The Kier molecular flexibility index (Phi) is 5.07. The second-order valence-corrected chi connectivity index (χ2v) is 5.65. The van der Waals surface area contributed by atoms with Crippen LogP contribution in [-0.2, 0) is 4.79 Å². The first-order valence-corrected chi connectivity index (χ1v) is 7.44. The van der Waals surface area contributed by atoms with Crippen LogP contribution < -0.4 is 4.90 Å². The number of rotatable bonds is 5. The molecule has 0 radical (unpaired) electrons. The molecule has 0 amide bonds. The molecule has 0 aliphatic carbocycles. The Morgan fingerprint density at radius 1 is 1.55 bits per heavy atom. The zero-order valence-corrected chi connectivity index (χ0v) is 12.4. The molecule has 0 spiro atoms. The minimum atomic E-state index is -0.943. The van der Waals surface area contributed by atoms with Gasteiger partial charge in [-0.15, -0.1) is 0 Å². The SMILES string of the molecule is CCCC1CCN(c2c(Cl)cccc2/C=C/C(=O)O)C1. The van der Waals surface area contributed by atoms with Crippen molar-refractivity contribution in [2.75, 3.05) is 18.0 Å². The van der Waals surface area contributed by atoms with E-state index < -0.39 is 5.97 Å². The van der Waals surface area contributed by atoms with Gasteiger partial charge in [-0.05, 0) is 36.5 Å². The summed E-state index contributed by atoms with van der Waals surface area (Å²) in [6.07, 6.45) is 6.40. The fraction of sp³-hybridized carbons (Fsp3) is 0.438. The highest BCUT2D eigenvalue weighted by molar-refractivity contribution is 6.33. The van der Waals surface area contributed by atoms with Gasteiger partial charge in [0.05, 0.1) is 10.7 Å². The van der Waals surface area contributed by atoms with Crippen LogP contribution in [0.2, 0.25) is 5.02 Å². The standard InChI is InChI=1S/C16H20ClNO2/c1-2-4-12-9-10-18(11-12)16-13(7-8-15(19)20)5-3-6-14(16)17/h3,5-8,12H,2,4,9-11H2,1H3,(H,19,20)/b8-7+. The van der Waals surface area contributed by atoms with Crippen LogP contribution in [0.5, 0.6) is 0 Å². The third-order valence-corrected chi connectivity index (χ3v) is 4.03. The van der Waals surface area contributed by atoms with Crippen molar-refractivity contribution in [1.82, 2.24) is 0 Å². The van der Waals surface area contributed by atoms with E-state index in [2.05, 4.69) is 11.8 Å². The van der Waals surface area contributed by atoms with E-state index >= 15 is 0 Å². The van der Waals surface area contributed by atoms with Crippen LogP contribution in [0.1, 0.15) is 31.7 Å². The quantitative estimate of drug-likeness (QED) is 0.832. The van der Waals surface area contributed by atoms with Gasteiger partial charge in [0.1, 0.15) is 0 Å². The Morgan fingerprint density at radius 2 is 2.35 bits per heavy atom. The Hall–Kier alpha value is -1.48. The maximum absolute atomic E-state index is 10.7. The number of carboxylic acids is 1. The Bertz CT molecular complexity index is 513. The van der Waals surface area contributed by atoms with Crippen molar-refractivity contribution < 1.29 is 9.90 Å². The topological polar surface area (TPSA) is 40.5 Å². The molecule has 2 rings (SSSR count). The molecule has 1 fully saturated rings. The average molecular weight is 294 g/mol. The predicted molar refractivity (Wildman–Crippen MR) is 83.3 cm³/mol. The molecular formula is C16H20ClNO2. The van der Waals surface area contributed by atoms with Gasteiger partial charge in [0.25, 0.3) is 0 Å². The maximum Gasteiger partial charge on any atom is 0.328 e. The number of hydrogen-bond acceptors (Lipinski definition) is 2. The molecule has 108 valence electrons. The molecule has 4 heteroatoms. The number of carboxylic acid groups (broad SMARTS) is 1. The Morgan fingerprint density at radius 3 is 3.05 bits per heavy atom. The summed E-state index contributed by atoms with van der Waals surface area (Å²) in [5.41, 5.74) is 1.84. The summed E-state index contributed by atoms with van der Waals surface area (Å²) in [5, 5.41) is 9.47. The molecule has 0 aromatic heterocycles. The zero-order chi connectivity index (χ0) is 14.5. The van der Waals surface area contributed by atoms with Crippen LogP contribution in [0.3, 0.4) is 0 Å². The van der Waals surface area contributed by atoms with Crippen molar-refractivity contribution >= 4 is 29.3 Å². The Balaban J connectivity index is 2.24. The molecule has 1 unspecified atom stereocenters. The van der Waals surface area contributed by atoms with Crippen LogP contribution in [-0.4, -0.2) is 24.2 Å². The normalized spacial score (nSPS) is 18.9. The van der Waals surface area contributed by atoms with Crippen molar-refractivity contribution in [3.8, 4) is 0 Å². The zero-order valence-electron chi connectivity index (χ0n) is 11.7. The monoisotopic (exact) mass is 293 g/mol. The van der Waals surface area contributed by atoms with Gasteiger partial charge in [-0.25, -0.2) is 4.79 Å². The van der Waals surface area contributed by atoms with Crippen LogP contribution >= 0.6 is 11.6 Å². The van der Waals surface area contributed by atoms with Gasteiger partial charge < -0.3 is 10.0 Å². The molecule has 1 aromatic carbocycles. The molecule has 1 saturated heterocycles. The second kappa shape index (κ2) is 6.80. The lowest BCUT2D eigenvalue weighted by atomic mass is 10.0.